The fraction of sp³-hybridized carbons (Fsp3) is 0.105. The molecule has 1 aromatic heterocycles. The fourth-order valence-electron chi connectivity index (χ4n) is 2.40. The van der Waals surface area contributed by atoms with E-state index in [1.807, 2.05) is 71.6 Å². The number of carbonyl (C=O) groups excluding carboxylic acids is 1. The van der Waals surface area contributed by atoms with Gasteiger partial charge in [0.25, 0.3) is 5.91 Å². The lowest BCUT2D eigenvalue weighted by molar-refractivity contribution is 0.102. The molecular formula is C19H18N2O2. The number of rotatable bonds is 5. The average Bonchev–Trinajstić information content (AvgIpc) is 3.12. The van der Waals surface area contributed by atoms with Crippen molar-refractivity contribution in [3.63, 3.8) is 0 Å². The third kappa shape index (κ3) is 3.67. The largest absolute Gasteiger partial charge is 0.396 e. The van der Waals surface area contributed by atoms with Gasteiger partial charge >= 0.3 is 0 Å². The molecule has 4 heteroatoms. The first-order chi connectivity index (χ1) is 11.3. The minimum Gasteiger partial charge on any atom is -0.396 e. The van der Waals surface area contributed by atoms with Crippen LogP contribution in [-0.4, -0.2) is 22.2 Å². The van der Waals surface area contributed by atoms with Crippen molar-refractivity contribution in [1.82, 2.24) is 4.57 Å². The highest BCUT2D eigenvalue weighted by Crippen LogP contribution is 2.14. The number of nitrogens with zero attached hydrogens (tertiary/aromatic N) is 1. The van der Waals surface area contributed by atoms with Gasteiger partial charge in [-0.05, 0) is 54.4 Å². The molecule has 0 aliphatic carbocycles. The number of amides is 1. The van der Waals surface area contributed by atoms with Gasteiger partial charge in [0.05, 0.1) is 0 Å². The van der Waals surface area contributed by atoms with E-state index in [2.05, 4.69) is 5.32 Å². The molecule has 0 unspecified atom stereocenters. The van der Waals surface area contributed by atoms with E-state index in [0.29, 0.717) is 12.0 Å². The number of carbonyl (C=O) groups is 1. The van der Waals surface area contributed by atoms with Gasteiger partial charge < -0.3 is 15.0 Å². The quantitative estimate of drug-likeness (QED) is 0.760. The van der Waals surface area contributed by atoms with E-state index in [1.54, 1.807) is 6.07 Å². The van der Waals surface area contributed by atoms with Gasteiger partial charge in [-0.2, -0.15) is 0 Å². The molecule has 3 aromatic rings. The van der Waals surface area contributed by atoms with Crippen LogP contribution in [-0.2, 0) is 6.42 Å². The van der Waals surface area contributed by atoms with Crippen LogP contribution >= 0.6 is 0 Å². The molecule has 2 N–H and O–H groups in total. The first-order valence-corrected chi connectivity index (χ1v) is 7.51. The van der Waals surface area contributed by atoms with Gasteiger partial charge in [-0.15, -0.1) is 0 Å². The topological polar surface area (TPSA) is 54.3 Å². The van der Waals surface area contributed by atoms with Crippen LogP contribution in [0, 0.1) is 0 Å². The Labute approximate surface area is 135 Å². The number of aliphatic hydroxyl groups is 1. The summed E-state index contributed by atoms with van der Waals surface area (Å²) in [5.41, 5.74) is 3.33. The molecule has 2 aromatic carbocycles. The smallest absolute Gasteiger partial charge is 0.255 e. The van der Waals surface area contributed by atoms with Crippen LogP contribution in [0.2, 0.25) is 0 Å². The molecule has 3 rings (SSSR count). The molecule has 4 nitrogen and oxygen atoms in total. The van der Waals surface area contributed by atoms with Gasteiger partial charge in [0.2, 0.25) is 0 Å². The van der Waals surface area contributed by atoms with E-state index < -0.39 is 0 Å². The molecule has 116 valence electrons. The monoisotopic (exact) mass is 306 g/mol. The zero-order chi connectivity index (χ0) is 16.1. The molecular weight excluding hydrogens is 288 g/mol. The van der Waals surface area contributed by atoms with Crippen LogP contribution < -0.4 is 5.32 Å². The highest BCUT2D eigenvalue weighted by molar-refractivity contribution is 6.04. The van der Waals surface area contributed by atoms with E-state index in [9.17, 15) is 4.79 Å². The number of anilines is 1. The Bertz CT molecular complexity index is 777. The summed E-state index contributed by atoms with van der Waals surface area (Å²) in [6, 6.07) is 18.9. The van der Waals surface area contributed by atoms with Crippen molar-refractivity contribution in [2.45, 2.75) is 6.42 Å². The zero-order valence-electron chi connectivity index (χ0n) is 12.6. The van der Waals surface area contributed by atoms with Gasteiger partial charge in [0.15, 0.2) is 0 Å². The van der Waals surface area contributed by atoms with Crippen molar-refractivity contribution < 1.29 is 9.90 Å². The van der Waals surface area contributed by atoms with Crippen LogP contribution in [0.15, 0.2) is 73.1 Å². The van der Waals surface area contributed by atoms with Gasteiger partial charge in [-0.3, -0.25) is 4.79 Å². The normalized spacial score (nSPS) is 10.5. The van der Waals surface area contributed by atoms with Gasteiger partial charge in [0.1, 0.15) is 0 Å². The molecule has 0 fully saturated rings. The number of hydrogen-bond acceptors (Lipinski definition) is 2. The SMILES string of the molecule is O=C(Nc1ccc(CCO)cc1)c1cccc(-n2cccc2)c1. The van der Waals surface area contributed by atoms with E-state index in [0.717, 1.165) is 16.9 Å². The van der Waals surface area contributed by atoms with Gasteiger partial charge in [-0.1, -0.05) is 18.2 Å². The predicted octanol–water partition coefficient (Wildman–Crippen LogP) is 3.26. The molecule has 0 saturated carbocycles. The average molecular weight is 306 g/mol. The van der Waals surface area contributed by atoms with Crippen molar-refractivity contribution in [2.75, 3.05) is 11.9 Å². The molecule has 0 aliphatic rings. The fourth-order valence-corrected chi connectivity index (χ4v) is 2.40. The first kappa shape index (κ1) is 15.1. The summed E-state index contributed by atoms with van der Waals surface area (Å²) in [4.78, 5) is 12.4. The maximum atomic E-state index is 12.4. The summed E-state index contributed by atoms with van der Waals surface area (Å²) in [5, 5.41) is 11.8. The van der Waals surface area contributed by atoms with Gasteiger partial charge in [0, 0.05) is 35.9 Å². The Morgan fingerprint density at radius 2 is 1.74 bits per heavy atom. The van der Waals surface area contributed by atoms with E-state index in [1.165, 1.54) is 0 Å². The molecule has 0 spiro atoms. The molecule has 23 heavy (non-hydrogen) atoms. The maximum absolute atomic E-state index is 12.4. The van der Waals surface area contributed by atoms with Crippen molar-refractivity contribution in [3.05, 3.63) is 84.2 Å². The molecule has 0 saturated heterocycles. The standard InChI is InChI=1S/C19H18N2O2/c22-13-10-15-6-8-17(9-7-15)20-19(23)16-4-3-5-18(14-16)21-11-1-2-12-21/h1-9,11-12,14,22H,10,13H2,(H,20,23). The Balaban J connectivity index is 1.74. The van der Waals surface area contributed by atoms with Crippen LogP contribution in [0.4, 0.5) is 5.69 Å². The van der Waals surface area contributed by atoms with E-state index >= 15 is 0 Å². The summed E-state index contributed by atoms with van der Waals surface area (Å²) in [7, 11) is 0. The highest BCUT2D eigenvalue weighted by Gasteiger charge is 2.07. The zero-order valence-corrected chi connectivity index (χ0v) is 12.6. The highest BCUT2D eigenvalue weighted by atomic mass is 16.2. The molecule has 1 heterocycles. The van der Waals surface area contributed by atoms with Gasteiger partial charge in [-0.25, -0.2) is 0 Å². The number of benzene rings is 2. The van der Waals surface area contributed by atoms with Crippen molar-refractivity contribution >= 4 is 11.6 Å². The van der Waals surface area contributed by atoms with E-state index in [4.69, 9.17) is 5.11 Å². The Hall–Kier alpha value is -2.85. The Morgan fingerprint density at radius 3 is 2.43 bits per heavy atom. The van der Waals surface area contributed by atoms with E-state index in [-0.39, 0.29) is 12.5 Å². The summed E-state index contributed by atoms with van der Waals surface area (Å²) >= 11 is 0. The second-order valence-electron chi connectivity index (χ2n) is 5.27. The second-order valence-corrected chi connectivity index (χ2v) is 5.27. The third-order valence-electron chi connectivity index (χ3n) is 3.62. The molecule has 1 amide bonds. The lowest BCUT2D eigenvalue weighted by atomic mass is 10.1. The lowest BCUT2D eigenvalue weighted by Crippen LogP contribution is -2.12. The second kappa shape index (κ2) is 6.94. The van der Waals surface area contributed by atoms with Crippen LogP contribution in [0.5, 0.6) is 0 Å². The summed E-state index contributed by atoms with van der Waals surface area (Å²) < 4.78 is 1.96. The number of hydrogen-bond donors (Lipinski definition) is 2. The summed E-state index contributed by atoms with van der Waals surface area (Å²) in [6.07, 6.45) is 4.50. The number of aliphatic hydroxyl groups excluding tert-OH is 1. The first-order valence-electron chi connectivity index (χ1n) is 7.51. The van der Waals surface area contributed by atoms with Crippen molar-refractivity contribution in [3.8, 4) is 5.69 Å². The third-order valence-corrected chi connectivity index (χ3v) is 3.62. The minimum atomic E-state index is -0.145. The predicted molar refractivity (Wildman–Crippen MR) is 91.0 cm³/mol. The molecule has 0 atom stereocenters. The Kier molecular flexibility index (Phi) is 4.54. The minimum absolute atomic E-state index is 0.123. The van der Waals surface area contributed by atoms with Crippen LogP contribution in [0.1, 0.15) is 15.9 Å². The Morgan fingerprint density at radius 1 is 1.00 bits per heavy atom. The van der Waals surface area contributed by atoms with Crippen molar-refractivity contribution in [1.29, 1.82) is 0 Å². The van der Waals surface area contributed by atoms with Crippen molar-refractivity contribution in [2.24, 2.45) is 0 Å². The molecule has 0 aliphatic heterocycles. The van der Waals surface area contributed by atoms with Crippen LogP contribution in [0.25, 0.3) is 5.69 Å². The lowest BCUT2D eigenvalue weighted by Gasteiger charge is -2.08. The maximum Gasteiger partial charge on any atom is 0.255 e. The number of nitrogens with one attached hydrogen (secondary N) is 1. The molecule has 0 radical (unpaired) electrons. The summed E-state index contributed by atoms with van der Waals surface area (Å²) in [5.74, 6) is -0.145. The van der Waals surface area contributed by atoms with Crippen LogP contribution in [0.3, 0.4) is 0 Å². The summed E-state index contributed by atoms with van der Waals surface area (Å²) in [6.45, 7) is 0.123. The number of aromatic nitrogens is 1. The molecule has 0 bridgehead atoms.